The summed E-state index contributed by atoms with van der Waals surface area (Å²) in [7, 11) is 0. The van der Waals surface area contributed by atoms with Crippen molar-refractivity contribution in [2.24, 2.45) is 10.9 Å². The molecule has 9 heteroatoms. The predicted molar refractivity (Wildman–Crippen MR) is 116 cm³/mol. The van der Waals surface area contributed by atoms with E-state index in [0.29, 0.717) is 28.4 Å². The van der Waals surface area contributed by atoms with E-state index in [-0.39, 0.29) is 36.3 Å². The van der Waals surface area contributed by atoms with Crippen molar-refractivity contribution in [1.82, 2.24) is 4.57 Å². The number of carbonyl (C=O) groups is 1. The van der Waals surface area contributed by atoms with Crippen molar-refractivity contribution in [3.63, 3.8) is 0 Å². The van der Waals surface area contributed by atoms with Gasteiger partial charge in [-0.25, -0.2) is 4.79 Å². The maximum Gasteiger partial charge on any atom is 0.419 e. The molecule has 0 saturated heterocycles. The van der Waals surface area contributed by atoms with E-state index >= 15 is 0 Å². The van der Waals surface area contributed by atoms with Crippen molar-refractivity contribution >= 4 is 28.3 Å². The summed E-state index contributed by atoms with van der Waals surface area (Å²) in [5, 5.41) is 9.67. The van der Waals surface area contributed by atoms with Gasteiger partial charge < -0.3 is 14.4 Å². The van der Waals surface area contributed by atoms with Gasteiger partial charge in [0, 0.05) is 29.8 Å². The Kier molecular flexibility index (Phi) is 4.99. The average Bonchev–Trinajstić information content (AvgIpc) is 3.51. The smallest absolute Gasteiger partial charge is 0.419 e. The fraction of sp³-hybridized carbons (Fsp3) is 0.292. The molecule has 0 bridgehead atoms. The molecule has 2 heterocycles. The van der Waals surface area contributed by atoms with Gasteiger partial charge in [-0.15, -0.1) is 0 Å². The third-order valence-electron chi connectivity index (χ3n) is 5.90. The number of nitrogens with zero attached hydrogens (tertiary/aromatic N) is 2. The molecule has 1 aromatic heterocycles. The number of aromatic carboxylic acids is 1. The van der Waals surface area contributed by atoms with E-state index in [4.69, 9.17) is 4.74 Å². The van der Waals surface area contributed by atoms with E-state index in [0.717, 1.165) is 18.9 Å². The van der Waals surface area contributed by atoms with Crippen LogP contribution in [-0.2, 0) is 19.1 Å². The molecule has 0 atom stereocenters. The van der Waals surface area contributed by atoms with Gasteiger partial charge in [0.2, 0.25) is 5.43 Å². The maximum absolute atomic E-state index is 13.6. The summed E-state index contributed by atoms with van der Waals surface area (Å²) in [6.45, 7) is 0.384. The lowest BCUT2D eigenvalue weighted by atomic mass is 10.0. The Hall–Kier alpha value is -3.62. The molecule has 0 amide bonds. The second-order valence-corrected chi connectivity index (χ2v) is 8.41. The quantitative estimate of drug-likeness (QED) is 0.576. The fourth-order valence-corrected chi connectivity index (χ4v) is 4.04. The molecule has 6 nitrogen and oxygen atoms in total. The number of benzene rings is 2. The van der Waals surface area contributed by atoms with Crippen LogP contribution < -0.4 is 10.2 Å². The van der Waals surface area contributed by atoms with Crippen LogP contribution in [0.3, 0.4) is 0 Å². The summed E-state index contributed by atoms with van der Waals surface area (Å²) in [6.07, 6.45) is -1.20. The minimum Gasteiger partial charge on any atom is -0.493 e. The van der Waals surface area contributed by atoms with Crippen LogP contribution in [0, 0.1) is 5.92 Å². The zero-order valence-electron chi connectivity index (χ0n) is 17.4. The van der Waals surface area contributed by atoms with Gasteiger partial charge in [0.1, 0.15) is 11.3 Å². The molecule has 1 fully saturated rings. The number of rotatable bonds is 6. The van der Waals surface area contributed by atoms with Crippen LogP contribution in [0.2, 0.25) is 0 Å². The number of halogens is 3. The Labute approximate surface area is 185 Å². The van der Waals surface area contributed by atoms with E-state index in [1.54, 1.807) is 28.8 Å². The number of aliphatic imine (C=N–C) groups is 1. The van der Waals surface area contributed by atoms with Crippen LogP contribution in [0.5, 0.6) is 5.75 Å². The molecule has 0 radical (unpaired) electrons. The van der Waals surface area contributed by atoms with Gasteiger partial charge in [0.05, 0.1) is 29.9 Å². The van der Waals surface area contributed by atoms with Crippen molar-refractivity contribution in [1.29, 1.82) is 0 Å². The fourth-order valence-electron chi connectivity index (χ4n) is 4.04. The monoisotopic (exact) mass is 456 g/mol. The number of aromatic nitrogens is 1. The lowest BCUT2D eigenvalue weighted by Crippen LogP contribution is -2.21. The van der Waals surface area contributed by atoms with Gasteiger partial charge in [0.15, 0.2) is 0 Å². The van der Waals surface area contributed by atoms with Crippen molar-refractivity contribution < 1.29 is 27.8 Å². The molecular formula is C24H19F3N2O4. The lowest BCUT2D eigenvalue weighted by molar-refractivity contribution is -0.139. The molecule has 5 rings (SSSR count). The van der Waals surface area contributed by atoms with Crippen molar-refractivity contribution in [2.75, 3.05) is 6.61 Å². The van der Waals surface area contributed by atoms with Gasteiger partial charge >= 0.3 is 12.1 Å². The van der Waals surface area contributed by atoms with Gasteiger partial charge in [0.25, 0.3) is 0 Å². The van der Waals surface area contributed by atoms with Crippen LogP contribution in [0.1, 0.15) is 34.3 Å². The van der Waals surface area contributed by atoms with Crippen LogP contribution in [0.25, 0.3) is 10.9 Å². The normalized spacial score (nSPS) is 15.4. The predicted octanol–water partition coefficient (Wildman–Crippen LogP) is 4.84. The molecule has 0 spiro atoms. The second-order valence-electron chi connectivity index (χ2n) is 8.41. The molecule has 1 aliphatic carbocycles. The third-order valence-corrected chi connectivity index (χ3v) is 5.90. The number of carboxylic acid groups (broad SMARTS) is 1. The molecule has 1 N–H and O–H groups in total. The first kappa shape index (κ1) is 21.2. The van der Waals surface area contributed by atoms with E-state index in [1.165, 1.54) is 12.3 Å². The van der Waals surface area contributed by atoms with E-state index in [2.05, 4.69) is 4.99 Å². The lowest BCUT2D eigenvalue weighted by Gasteiger charge is -2.15. The summed E-state index contributed by atoms with van der Waals surface area (Å²) >= 11 is 0. The van der Waals surface area contributed by atoms with E-state index in [1.807, 2.05) is 0 Å². The summed E-state index contributed by atoms with van der Waals surface area (Å²) in [6, 6.07) is 9.02. The largest absolute Gasteiger partial charge is 0.493 e. The molecule has 33 heavy (non-hydrogen) atoms. The molecule has 170 valence electrons. The maximum atomic E-state index is 13.6. The minimum atomic E-state index is -4.55. The van der Waals surface area contributed by atoms with E-state index in [9.17, 15) is 27.9 Å². The molecule has 3 aromatic rings. The number of fused-ring (bicyclic) bond motifs is 2. The molecule has 2 aliphatic rings. The third kappa shape index (κ3) is 4.10. The van der Waals surface area contributed by atoms with Crippen molar-refractivity contribution in [3.8, 4) is 5.75 Å². The average molecular weight is 456 g/mol. The highest BCUT2D eigenvalue weighted by molar-refractivity contribution is 5.96. The van der Waals surface area contributed by atoms with Crippen LogP contribution in [0.15, 0.2) is 52.4 Å². The summed E-state index contributed by atoms with van der Waals surface area (Å²) in [5.41, 5.74) is 0.143. The van der Waals surface area contributed by atoms with Crippen LogP contribution in [0.4, 0.5) is 18.9 Å². The van der Waals surface area contributed by atoms with Crippen LogP contribution >= 0.6 is 0 Å². The van der Waals surface area contributed by atoms with Gasteiger partial charge in [-0.2, -0.15) is 13.2 Å². The number of alkyl halides is 3. The number of para-hydroxylation sites is 1. The first-order chi connectivity index (χ1) is 15.7. The molecule has 2 aromatic carbocycles. The Morgan fingerprint density at radius 1 is 1.21 bits per heavy atom. The Balaban J connectivity index is 1.50. The van der Waals surface area contributed by atoms with E-state index < -0.39 is 23.1 Å². The van der Waals surface area contributed by atoms with Crippen LogP contribution in [-0.4, -0.2) is 28.0 Å². The highest BCUT2D eigenvalue weighted by Gasteiger charge is 2.37. The summed E-state index contributed by atoms with van der Waals surface area (Å²) in [5.74, 6) is -1.26. The topological polar surface area (TPSA) is 80.9 Å². The molecular weight excluding hydrogens is 437 g/mol. The second kappa shape index (κ2) is 7.75. The highest BCUT2D eigenvalue weighted by atomic mass is 19.4. The number of hydrogen-bond donors (Lipinski definition) is 1. The van der Waals surface area contributed by atoms with Gasteiger partial charge in [-0.3, -0.25) is 9.79 Å². The van der Waals surface area contributed by atoms with Gasteiger partial charge in [-0.1, -0.05) is 12.1 Å². The first-order valence-corrected chi connectivity index (χ1v) is 10.5. The zero-order valence-corrected chi connectivity index (χ0v) is 17.4. The highest BCUT2D eigenvalue weighted by Crippen LogP contribution is 2.43. The van der Waals surface area contributed by atoms with Crippen molar-refractivity contribution in [2.45, 2.75) is 32.0 Å². The molecule has 1 saturated carbocycles. The minimum absolute atomic E-state index is 0.134. The van der Waals surface area contributed by atoms with Crippen molar-refractivity contribution in [3.05, 3.63) is 69.5 Å². The Morgan fingerprint density at radius 2 is 1.97 bits per heavy atom. The zero-order chi connectivity index (χ0) is 23.3. The summed E-state index contributed by atoms with van der Waals surface area (Å²) < 4.78 is 48.0. The number of pyridine rings is 1. The Bertz CT molecular complexity index is 1370. The Morgan fingerprint density at radius 3 is 2.67 bits per heavy atom. The number of carboxylic acids is 1. The summed E-state index contributed by atoms with van der Waals surface area (Å²) in [4.78, 5) is 28.5. The first-order valence-electron chi connectivity index (χ1n) is 10.5. The molecule has 0 unspecified atom stereocenters. The molecule has 1 aliphatic heterocycles. The standard InChI is InChI=1S/C24H19F3N2O4/c25-24(26,27)18-8-14-7-15(28-19(14)9-21(18)33-12-13-5-6-13)10-29-11-17(23(31)32)22(30)16-3-1-2-4-20(16)29/h1-4,8-9,11,13H,5-7,10,12H2,(H,31,32). The SMILES string of the molecule is O=C(O)c1cn(CC2=Nc3cc(OCC4CC4)c(C(F)(F)F)cc3C2)c2ccccc2c1=O. The number of ether oxygens (including phenoxy) is 1. The number of hydrogen-bond acceptors (Lipinski definition) is 4. The van der Waals surface area contributed by atoms with Gasteiger partial charge in [-0.05, 0) is 42.5 Å².